The number of nitrogens with zero attached hydrogens (tertiary/aromatic N) is 3. The number of aromatic nitrogens is 2. The van der Waals surface area contributed by atoms with E-state index >= 15 is 0 Å². The van der Waals surface area contributed by atoms with Crippen molar-refractivity contribution in [3.05, 3.63) is 52.8 Å². The summed E-state index contributed by atoms with van der Waals surface area (Å²) in [5, 5.41) is 10.4. The van der Waals surface area contributed by atoms with Crippen LogP contribution in [0.5, 0.6) is 0 Å². The Labute approximate surface area is 188 Å². The highest BCUT2D eigenvalue weighted by atomic mass is 16.2. The molecule has 8 heteroatoms. The lowest BCUT2D eigenvalue weighted by Gasteiger charge is -2.43. The van der Waals surface area contributed by atoms with Crippen LogP contribution < -0.4 is 10.6 Å². The molecule has 2 N–H and O–H groups in total. The molecule has 0 bridgehead atoms. The first kappa shape index (κ1) is 22.0. The van der Waals surface area contributed by atoms with Gasteiger partial charge in [0.1, 0.15) is 11.2 Å². The van der Waals surface area contributed by atoms with Crippen molar-refractivity contribution in [3.8, 4) is 0 Å². The Balaban J connectivity index is 1.51. The normalized spacial score (nSPS) is 20.8. The number of aryl methyl sites for hydroxylation is 1. The first-order valence-corrected chi connectivity index (χ1v) is 11.4. The van der Waals surface area contributed by atoms with Gasteiger partial charge in [-0.15, -0.1) is 0 Å². The zero-order valence-corrected chi connectivity index (χ0v) is 19.0. The molecule has 2 aliphatic rings. The number of amides is 3. The highest BCUT2D eigenvalue weighted by Crippen LogP contribution is 2.28. The second-order valence-corrected chi connectivity index (χ2v) is 9.02. The Morgan fingerprint density at radius 1 is 1.19 bits per heavy atom. The molecule has 32 heavy (non-hydrogen) atoms. The van der Waals surface area contributed by atoms with E-state index in [0.717, 1.165) is 36.8 Å². The maximum Gasteiger partial charge on any atom is 0.273 e. The fraction of sp³-hybridized carbons (Fsp3) is 0.500. The summed E-state index contributed by atoms with van der Waals surface area (Å²) in [5.41, 5.74) is 1.59. The molecule has 170 valence electrons. The first-order valence-electron chi connectivity index (χ1n) is 11.4. The second-order valence-electron chi connectivity index (χ2n) is 9.02. The minimum atomic E-state index is -1.05. The van der Waals surface area contributed by atoms with Gasteiger partial charge >= 0.3 is 0 Å². The molecule has 0 unspecified atom stereocenters. The highest BCUT2D eigenvalue weighted by Gasteiger charge is 2.48. The molecule has 1 aliphatic heterocycles. The van der Waals surface area contributed by atoms with Crippen LogP contribution in [-0.4, -0.2) is 50.5 Å². The van der Waals surface area contributed by atoms with E-state index in [2.05, 4.69) is 15.7 Å². The number of hydrogen-bond acceptors (Lipinski definition) is 4. The van der Waals surface area contributed by atoms with Crippen molar-refractivity contribution >= 4 is 17.7 Å². The van der Waals surface area contributed by atoms with E-state index < -0.39 is 5.54 Å². The van der Waals surface area contributed by atoms with Crippen LogP contribution in [0.25, 0.3) is 0 Å². The summed E-state index contributed by atoms with van der Waals surface area (Å²) < 4.78 is 1.50. The minimum absolute atomic E-state index is 0.161. The Morgan fingerprint density at radius 3 is 2.53 bits per heavy atom. The maximum absolute atomic E-state index is 13.2. The van der Waals surface area contributed by atoms with Crippen molar-refractivity contribution in [2.24, 2.45) is 0 Å². The number of benzene rings is 1. The Hall–Kier alpha value is -3.16. The van der Waals surface area contributed by atoms with Crippen molar-refractivity contribution < 1.29 is 14.4 Å². The van der Waals surface area contributed by atoms with Gasteiger partial charge in [0.25, 0.3) is 11.8 Å². The van der Waals surface area contributed by atoms with E-state index in [4.69, 9.17) is 0 Å². The summed E-state index contributed by atoms with van der Waals surface area (Å²) in [7, 11) is 0. The molecule has 1 aromatic carbocycles. The maximum atomic E-state index is 13.2. The van der Waals surface area contributed by atoms with Crippen LogP contribution in [0, 0.1) is 6.92 Å². The zero-order chi connectivity index (χ0) is 22.9. The number of carbonyl (C=O) groups excluding carboxylic acids is 3. The van der Waals surface area contributed by atoms with Crippen LogP contribution in [-0.2, 0) is 17.9 Å². The van der Waals surface area contributed by atoms with E-state index in [0.29, 0.717) is 18.8 Å². The molecule has 8 nitrogen and oxygen atoms in total. The van der Waals surface area contributed by atoms with Crippen molar-refractivity contribution in [2.45, 2.75) is 71.1 Å². The molecule has 1 atom stereocenters. The lowest BCUT2D eigenvalue weighted by molar-refractivity contribution is -0.133. The number of carbonyl (C=O) groups is 3. The summed E-state index contributed by atoms with van der Waals surface area (Å²) in [6, 6.07) is 9.59. The average Bonchev–Trinajstić information content (AvgIpc) is 3.43. The molecule has 4 rings (SSSR count). The molecule has 1 saturated carbocycles. The Bertz CT molecular complexity index is 1020. The average molecular weight is 438 g/mol. The van der Waals surface area contributed by atoms with Crippen LogP contribution in [0.4, 0.5) is 0 Å². The number of fused-ring (bicyclic) bond motifs is 1. The van der Waals surface area contributed by atoms with Gasteiger partial charge in [0.2, 0.25) is 5.91 Å². The van der Waals surface area contributed by atoms with Gasteiger partial charge in [-0.2, -0.15) is 5.10 Å². The highest BCUT2D eigenvalue weighted by molar-refractivity contribution is 6.01. The van der Waals surface area contributed by atoms with Crippen LogP contribution in [0.3, 0.4) is 0 Å². The van der Waals surface area contributed by atoms with Crippen LogP contribution >= 0.6 is 0 Å². The molecule has 0 radical (unpaired) electrons. The van der Waals surface area contributed by atoms with Gasteiger partial charge < -0.3 is 15.5 Å². The number of hydrogen-bond donors (Lipinski definition) is 2. The Morgan fingerprint density at radius 2 is 1.88 bits per heavy atom. The standard InChI is InChI=1S/C24H31N5O3/c1-4-28-22(31)20-13-19(21(30)25-14-17-11-9-16(2)10-12-17)27-29(20)15-24(28,3)23(32)26-18-7-5-6-8-18/h9-13,18H,4-8,14-15H2,1-3H3,(H,25,30)(H,26,32)/t24-/m0/s1. The lowest BCUT2D eigenvalue weighted by atomic mass is 9.94. The summed E-state index contributed by atoms with van der Waals surface area (Å²) in [6.45, 7) is 6.63. The van der Waals surface area contributed by atoms with Gasteiger partial charge in [-0.25, -0.2) is 0 Å². The molecule has 1 fully saturated rings. The van der Waals surface area contributed by atoms with E-state index in [9.17, 15) is 14.4 Å². The van der Waals surface area contributed by atoms with E-state index in [1.165, 1.54) is 10.7 Å². The molecule has 1 aliphatic carbocycles. The molecule has 2 heterocycles. The topological polar surface area (TPSA) is 96.3 Å². The van der Waals surface area contributed by atoms with E-state index in [1.54, 1.807) is 11.8 Å². The molecule has 3 amide bonds. The van der Waals surface area contributed by atoms with Crippen molar-refractivity contribution in [2.75, 3.05) is 6.54 Å². The van der Waals surface area contributed by atoms with Gasteiger partial charge in [-0.05, 0) is 39.2 Å². The van der Waals surface area contributed by atoms with Gasteiger partial charge in [0, 0.05) is 25.2 Å². The predicted octanol–water partition coefficient (Wildman–Crippen LogP) is 2.41. The fourth-order valence-corrected chi connectivity index (χ4v) is 4.64. The summed E-state index contributed by atoms with van der Waals surface area (Å²) in [4.78, 5) is 40.7. The quantitative estimate of drug-likeness (QED) is 0.725. The van der Waals surface area contributed by atoms with Crippen LogP contribution in [0.2, 0.25) is 0 Å². The van der Waals surface area contributed by atoms with Gasteiger partial charge in [-0.3, -0.25) is 19.1 Å². The van der Waals surface area contributed by atoms with Crippen molar-refractivity contribution in [3.63, 3.8) is 0 Å². The SMILES string of the molecule is CCN1C(=O)c2cc(C(=O)NCc3ccc(C)cc3)nn2C[C@@]1(C)C(=O)NC1CCCC1. The smallest absolute Gasteiger partial charge is 0.273 e. The molecule has 2 aromatic rings. The summed E-state index contributed by atoms with van der Waals surface area (Å²) in [6.07, 6.45) is 4.17. The largest absolute Gasteiger partial charge is 0.351 e. The van der Waals surface area contributed by atoms with Gasteiger partial charge in [0.15, 0.2) is 5.69 Å². The fourth-order valence-electron chi connectivity index (χ4n) is 4.64. The lowest BCUT2D eigenvalue weighted by Crippen LogP contribution is -2.64. The zero-order valence-electron chi connectivity index (χ0n) is 19.0. The van der Waals surface area contributed by atoms with E-state index in [-0.39, 0.29) is 36.0 Å². The summed E-state index contributed by atoms with van der Waals surface area (Å²) >= 11 is 0. The van der Waals surface area contributed by atoms with Gasteiger partial charge in [-0.1, -0.05) is 42.7 Å². The molecule has 0 saturated heterocycles. The third kappa shape index (κ3) is 4.13. The number of nitrogens with one attached hydrogen (secondary N) is 2. The third-order valence-corrected chi connectivity index (χ3v) is 6.60. The third-order valence-electron chi connectivity index (χ3n) is 6.60. The number of likely N-dealkylation sites (N-methyl/N-ethyl adjacent to an activating group) is 1. The summed E-state index contributed by atoms with van der Waals surface area (Å²) in [5.74, 6) is -0.792. The Kier molecular flexibility index (Phi) is 6.04. The first-order chi connectivity index (χ1) is 15.3. The van der Waals surface area contributed by atoms with Crippen molar-refractivity contribution in [1.29, 1.82) is 0 Å². The minimum Gasteiger partial charge on any atom is -0.351 e. The van der Waals surface area contributed by atoms with Gasteiger partial charge in [0.05, 0.1) is 6.54 Å². The van der Waals surface area contributed by atoms with Crippen molar-refractivity contribution in [1.82, 2.24) is 25.3 Å². The van der Waals surface area contributed by atoms with E-state index in [1.807, 2.05) is 38.1 Å². The molecule has 1 aromatic heterocycles. The molecular formula is C24H31N5O3. The van der Waals surface area contributed by atoms with Crippen LogP contribution in [0.15, 0.2) is 30.3 Å². The molecule has 0 spiro atoms. The predicted molar refractivity (Wildman–Crippen MR) is 120 cm³/mol. The van der Waals surface area contributed by atoms with Crippen LogP contribution in [0.1, 0.15) is 71.6 Å². The number of rotatable bonds is 6. The molecular weight excluding hydrogens is 406 g/mol. The second kappa shape index (κ2) is 8.76. The monoisotopic (exact) mass is 437 g/mol.